The molecule has 0 radical (unpaired) electrons. The van der Waals surface area contributed by atoms with E-state index in [1.165, 1.54) is 0 Å². The van der Waals surface area contributed by atoms with Crippen molar-refractivity contribution in [1.29, 1.82) is 0 Å². The molecule has 1 heterocycles. The van der Waals surface area contributed by atoms with E-state index in [2.05, 4.69) is 0 Å². The van der Waals surface area contributed by atoms with Crippen LogP contribution in [0.4, 0.5) is 0 Å². The smallest absolute Gasteiger partial charge is 0.199 e. The van der Waals surface area contributed by atoms with Crippen LogP contribution in [-0.2, 0) is 19.4 Å². The van der Waals surface area contributed by atoms with Gasteiger partial charge in [0.2, 0.25) is 0 Å². The van der Waals surface area contributed by atoms with Crippen molar-refractivity contribution in [3.8, 4) is 0 Å². The molecule has 0 spiro atoms. The number of carbonyl (C=O) groups is 2. The Morgan fingerprint density at radius 2 is 2.08 bits per heavy atom. The SMILES string of the molecule is O=CC(=O)C1CCCS(=O)(=O)C1. The second kappa shape index (κ2) is 3.35. The molecule has 1 fully saturated rings. The molecule has 0 bridgehead atoms. The molecule has 0 N–H and O–H groups in total. The van der Waals surface area contributed by atoms with E-state index in [-0.39, 0.29) is 17.8 Å². The molecule has 1 unspecified atom stereocenters. The number of sulfone groups is 1. The average Bonchev–Trinajstić information content (AvgIpc) is 2.01. The molecule has 1 saturated heterocycles. The highest BCUT2D eigenvalue weighted by atomic mass is 32.2. The molecule has 1 aliphatic heterocycles. The van der Waals surface area contributed by atoms with Gasteiger partial charge in [0.05, 0.1) is 11.5 Å². The van der Waals surface area contributed by atoms with Gasteiger partial charge >= 0.3 is 0 Å². The molecule has 4 nitrogen and oxygen atoms in total. The Morgan fingerprint density at radius 1 is 1.42 bits per heavy atom. The van der Waals surface area contributed by atoms with E-state index >= 15 is 0 Å². The summed E-state index contributed by atoms with van der Waals surface area (Å²) in [5, 5.41) is 0. The van der Waals surface area contributed by atoms with Gasteiger partial charge in [-0.3, -0.25) is 9.59 Å². The topological polar surface area (TPSA) is 68.3 Å². The monoisotopic (exact) mass is 190 g/mol. The van der Waals surface area contributed by atoms with E-state index in [9.17, 15) is 18.0 Å². The Labute approximate surface area is 70.9 Å². The van der Waals surface area contributed by atoms with Crippen molar-refractivity contribution in [2.75, 3.05) is 11.5 Å². The minimum atomic E-state index is -3.07. The lowest BCUT2D eigenvalue weighted by Gasteiger charge is -2.18. The highest BCUT2D eigenvalue weighted by molar-refractivity contribution is 7.91. The largest absolute Gasteiger partial charge is 0.295 e. The van der Waals surface area contributed by atoms with Crippen molar-refractivity contribution >= 4 is 21.9 Å². The first-order valence-electron chi connectivity index (χ1n) is 3.74. The second-order valence-electron chi connectivity index (χ2n) is 2.97. The van der Waals surface area contributed by atoms with Crippen LogP contribution in [0, 0.1) is 5.92 Å². The van der Waals surface area contributed by atoms with Gasteiger partial charge in [0.1, 0.15) is 0 Å². The Hall–Kier alpha value is -0.710. The lowest BCUT2D eigenvalue weighted by molar-refractivity contribution is -0.132. The van der Waals surface area contributed by atoms with Crippen molar-refractivity contribution in [3.63, 3.8) is 0 Å². The molecule has 1 rings (SSSR count). The van der Waals surface area contributed by atoms with Gasteiger partial charge in [-0.1, -0.05) is 0 Å². The van der Waals surface area contributed by atoms with Gasteiger partial charge in [0, 0.05) is 5.92 Å². The summed E-state index contributed by atoms with van der Waals surface area (Å²) in [7, 11) is -3.07. The van der Waals surface area contributed by atoms with Crippen molar-refractivity contribution in [2.24, 2.45) is 5.92 Å². The lowest BCUT2D eigenvalue weighted by atomic mass is 10.0. The number of ketones is 1. The summed E-state index contributed by atoms with van der Waals surface area (Å²) < 4.78 is 22.0. The zero-order valence-corrected chi connectivity index (χ0v) is 7.34. The van der Waals surface area contributed by atoms with E-state index in [1.54, 1.807) is 0 Å². The zero-order chi connectivity index (χ0) is 9.19. The third kappa shape index (κ3) is 2.14. The fourth-order valence-corrected chi connectivity index (χ4v) is 3.06. The summed E-state index contributed by atoms with van der Waals surface area (Å²) in [6.45, 7) is 0. The molecule has 0 aliphatic carbocycles. The Balaban J connectivity index is 2.70. The van der Waals surface area contributed by atoms with Crippen LogP contribution in [0.1, 0.15) is 12.8 Å². The fourth-order valence-electron chi connectivity index (χ4n) is 1.34. The van der Waals surface area contributed by atoms with E-state index in [0.29, 0.717) is 12.8 Å². The first-order chi connectivity index (χ1) is 5.55. The summed E-state index contributed by atoms with van der Waals surface area (Å²) in [5.41, 5.74) is 0. The molecule has 0 aromatic heterocycles. The molecule has 0 aromatic carbocycles. The van der Waals surface area contributed by atoms with Crippen LogP contribution in [0.15, 0.2) is 0 Å². The van der Waals surface area contributed by atoms with Gasteiger partial charge in [-0.25, -0.2) is 8.42 Å². The molecular formula is C7H10O4S. The predicted octanol–water partition coefficient (Wildman–Crippen LogP) is -0.421. The maximum atomic E-state index is 11.0. The molecule has 1 aliphatic rings. The Bertz CT molecular complexity index is 291. The summed E-state index contributed by atoms with van der Waals surface area (Å²) in [6.07, 6.45) is 1.23. The van der Waals surface area contributed by atoms with Crippen LogP contribution in [0.3, 0.4) is 0 Å². The number of rotatable bonds is 2. The molecular weight excluding hydrogens is 180 g/mol. The minimum absolute atomic E-state index is 0.148. The summed E-state index contributed by atoms with van der Waals surface area (Å²) in [6, 6.07) is 0. The first-order valence-corrected chi connectivity index (χ1v) is 5.57. The maximum absolute atomic E-state index is 11.0. The quantitative estimate of drug-likeness (QED) is 0.438. The number of carbonyl (C=O) groups excluding carboxylic acids is 2. The average molecular weight is 190 g/mol. The number of hydrogen-bond acceptors (Lipinski definition) is 4. The van der Waals surface area contributed by atoms with Crippen molar-refractivity contribution in [2.45, 2.75) is 12.8 Å². The van der Waals surface area contributed by atoms with E-state index < -0.39 is 21.5 Å². The van der Waals surface area contributed by atoms with E-state index in [1.807, 2.05) is 0 Å². The summed E-state index contributed by atoms with van der Waals surface area (Å²) in [5.74, 6) is -1.17. The highest BCUT2D eigenvalue weighted by Crippen LogP contribution is 2.18. The standard InChI is InChI=1S/C7H10O4S/c8-4-7(9)6-2-1-3-12(10,11)5-6/h4,6H,1-3,5H2. The van der Waals surface area contributed by atoms with Crippen LogP contribution < -0.4 is 0 Å². The van der Waals surface area contributed by atoms with Crippen LogP contribution in [0.25, 0.3) is 0 Å². The maximum Gasteiger partial charge on any atom is 0.199 e. The van der Waals surface area contributed by atoms with Crippen molar-refractivity contribution in [3.05, 3.63) is 0 Å². The Kier molecular flexibility index (Phi) is 2.62. The third-order valence-corrected chi connectivity index (χ3v) is 3.80. The Morgan fingerprint density at radius 3 is 2.58 bits per heavy atom. The van der Waals surface area contributed by atoms with Gasteiger partial charge < -0.3 is 0 Å². The first kappa shape index (κ1) is 9.38. The van der Waals surface area contributed by atoms with Crippen LogP contribution >= 0.6 is 0 Å². The lowest BCUT2D eigenvalue weighted by Crippen LogP contribution is -2.31. The minimum Gasteiger partial charge on any atom is -0.295 e. The van der Waals surface area contributed by atoms with Crippen LogP contribution in [0.5, 0.6) is 0 Å². The van der Waals surface area contributed by atoms with Gasteiger partial charge in [0.15, 0.2) is 21.9 Å². The van der Waals surface area contributed by atoms with Crippen LogP contribution in [-0.4, -0.2) is 32.0 Å². The van der Waals surface area contributed by atoms with Crippen LogP contribution in [0.2, 0.25) is 0 Å². The predicted molar refractivity (Wildman–Crippen MR) is 42.4 cm³/mol. The van der Waals surface area contributed by atoms with Crippen molar-refractivity contribution < 1.29 is 18.0 Å². The molecule has 68 valence electrons. The summed E-state index contributed by atoms with van der Waals surface area (Å²) >= 11 is 0. The third-order valence-electron chi connectivity index (χ3n) is 1.98. The molecule has 0 aromatic rings. The van der Waals surface area contributed by atoms with Gasteiger partial charge in [-0.05, 0) is 12.8 Å². The van der Waals surface area contributed by atoms with E-state index in [4.69, 9.17) is 0 Å². The van der Waals surface area contributed by atoms with Gasteiger partial charge in [0.25, 0.3) is 0 Å². The number of hydrogen-bond donors (Lipinski definition) is 0. The molecule has 0 saturated carbocycles. The molecule has 0 amide bonds. The summed E-state index contributed by atoms with van der Waals surface area (Å²) in [4.78, 5) is 20.9. The van der Waals surface area contributed by atoms with E-state index in [0.717, 1.165) is 0 Å². The van der Waals surface area contributed by atoms with Crippen molar-refractivity contribution in [1.82, 2.24) is 0 Å². The molecule has 5 heteroatoms. The fraction of sp³-hybridized carbons (Fsp3) is 0.714. The van der Waals surface area contributed by atoms with Gasteiger partial charge in [-0.15, -0.1) is 0 Å². The van der Waals surface area contributed by atoms with Gasteiger partial charge in [-0.2, -0.15) is 0 Å². The highest BCUT2D eigenvalue weighted by Gasteiger charge is 2.29. The molecule has 1 atom stereocenters. The zero-order valence-electron chi connectivity index (χ0n) is 6.52. The number of aldehydes is 1. The number of Topliss-reactive ketones (excluding diaryl/α,β-unsaturated/α-hetero) is 1. The molecule has 12 heavy (non-hydrogen) atoms. The second-order valence-corrected chi connectivity index (χ2v) is 5.20. The normalized spacial score (nSPS) is 27.8.